The predicted molar refractivity (Wildman–Crippen MR) is 78.8 cm³/mol. The van der Waals surface area contributed by atoms with Crippen molar-refractivity contribution in [2.45, 2.75) is 38.9 Å². The molecule has 3 atom stereocenters. The van der Waals surface area contributed by atoms with Crippen LogP contribution in [0.2, 0.25) is 10.0 Å². The van der Waals surface area contributed by atoms with Crippen molar-refractivity contribution >= 4 is 35.0 Å². The van der Waals surface area contributed by atoms with Crippen molar-refractivity contribution in [3.63, 3.8) is 0 Å². The number of piperazine rings is 1. The van der Waals surface area contributed by atoms with Crippen molar-refractivity contribution < 1.29 is 9.59 Å². The second-order valence-electron chi connectivity index (χ2n) is 4.99. The molecule has 108 valence electrons. The molecule has 0 spiro atoms. The quantitative estimate of drug-likeness (QED) is 0.912. The van der Waals surface area contributed by atoms with Crippen molar-refractivity contribution in [2.24, 2.45) is 0 Å². The van der Waals surface area contributed by atoms with Gasteiger partial charge < -0.3 is 10.2 Å². The summed E-state index contributed by atoms with van der Waals surface area (Å²) in [6, 6.07) is 3.80. The van der Waals surface area contributed by atoms with Crippen molar-refractivity contribution in [1.29, 1.82) is 0 Å². The molecule has 1 saturated heterocycles. The molecule has 4 nitrogen and oxygen atoms in total. The molecule has 0 aliphatic carbocycles. The Bertz CT molecular complexity index is 562. The zero-order valence-electron chi connectivity index (χ0n) is 11.5. The highest BCUT2D eigenvalue weighted by Gasteiger charge is 2.39. The van der Waals surface area contributed by atoms with Gasteiger partial charge in [-0.2, -0.15) is 0 Å². The molecule has 20 heavy (non-hydrogen) atoms. The summed E-state index contributed by atoms with van der Waals surface area (Å²) in [5, 5.41) is 3.68. The Morgan fingerprint density at radius 2 is 1.90 bits per heavy atom. The molecule has 0 bridgehead atoms. The number of nitrogens with zero attached hydrogens (tertiary/aromatic N) is 1. The fraction of sp³-hybridized carbons (Fsp3) is 0.429. The van der Waals surface area contributed by atoms with Crippen molar-refractivity contribution in [2.75, 3.05) is 0 Å². The number of halogens is 2. The minimum absolute atomic E-state index is 0.115. The summed E-state index contributed by atoms with van der Waals surface area (Å²) in [7, 11) is 0. The lowest BCUT2D eigenvalue weighted by atomic mass is 10.0. The minimum Gasteiger partial charge on any atom is -0.343 e. The Morgan fingerprint density at radius 3 is 2.50 bits per heavy atom. The molecule has 1 aromatic rings. The molecule has 0 radical (unpaired) electrons. The van der Waals surface area contributed by atoms with E-state index in [0.29, 0.717) is 10.0 Å². The molecule has 3 unspecified atom stereocenters. The Balaban J connectivity index is 2.37. The number of rotatable bonds is 2. The van der Waals surface area contributed by atoms with E-state index < -0.39 is 12.1 Å². The normalized spacial score (nSPS) is 24.6. The molecule has 0 saturated carbocycles. The summed E-state index contributed by atoms with van der Waals surface area (Å²) in [5.41, 5.74) is 0.776. The summed E-state index contributed by atoms with van der Waals surface area (Å²) in [6.07, 6.45) is 0. The zero-order chi connectivity index (χ0) is 15.0. The van der Waals surface area contributed by atoms with E-state index in [0.717, 1.165) is 5.56 Å². The van der Waals surface area contributed by atoms with Gasteiger partial charge in [-0.3, -0.25) is 9.59 Å². The van der Waals surface area contributed by atoms with E-state index in [9.17, 15) is 9.59 Å². The summed E-state index contributed by atoms with van der Waals surface area (Å²) in [5.74, 6) is -0.273. The van der Waals surface area contributed by atoms with Gasteiger partial charge in [0.2, 0.25) is 11.8 Å². The van der Waals surface area contributed by atoms with Gasteiger partial charge in [0, 0.05) is 10.0 Å². The molecule has 1 aliphatic rings. The van der Waals surface area contributed by atoms with Gasteiger partial charge in [-0.1, -0.05) is 29.3 Å². The molecule has 1 N–H and O–H groups in total. The predicted octanol–water partition coefficient (Wildman–Crippen LogP) is 2.79. The summed E-state index contributed by atoms with van der Waals surface area (Å²) < 4.78 is 0. The third kappa shape index (κ3) is 2.63. The highest BCUT2D eigenvalue weighted by Crippen LogP contribution is 2.32. The van der Waals surface area contributed by atoms with Gasteiger partial charge >= 0.3 is 0 Å². The van der Waals surface area contributed by atoms with E-state index in [-0.39, 0.29) is 17.9 Å². The number of benzene rings is 1. The standard InChI is InChI=1S/C14H16Cl2N2O2/c1-7-14(20)18(9(3)13(19)17-7)8(2)11-5-4-10(15)6-12(11)16/h4-9H,1-3H3,(H,17,19). The zero-order valence-corrected chi connectivity index (χ0v) is 13.0. The van der Waals surface area contributed by atoms with Crippen LogP contribution >= 0.6 is 23.2 Å². The van der Waals surface area contributed by atoms with Gasteiger partial charge in [0.05, 0.1) is 6.04 Å². The largest absolute Gasteiger partial charge is 0.343 e. The molecule has 0 aromatic heterocycles. The fourth-order valence-electron chi connectivity index (χ4n) is 2.45. The lowest BCUT2D eigenvalue weighted by molar-refractivity contribution is -0.150. The van der Waals surface area contributed by atoms with E-state index in [2.05, 4.69) is 5.32 Å². The van der Waals surface area contributed by atoms with Crippen molar-refractivity contribution in [3.8, 4) is 0 Å². The van der Waals surface area contributed by atoms with Gasteiger partial charge in [0.25, 0.3) is 0 Å². The summed E-state index contributed by atoms with van der Waals surface area (Å²) >= 11 is 12.1. The molecule has 1 aromatic carbocycles. The first kappa shape index (κ1) is 15.1. The molecule has 2 amide bonds. The third-order valence-electron chi connectivity index (χ3n) is 3.61. The first-order valence-corrected chi connectivity index (χ1v) is 7.16. The maximum atomic E-state index is 12.3. The monoisotopic (exact) mass is 314 g/mol. The van der Waals surface area contributed by atoms with Crippen LogP contribution in [0.25, 0.3) is 0 Å². The lowest BCUT2D eigenvalue weighted by Gasteiger charge is -2.40. The molecule has 6 heteroatoms. The van der Waals surface area contributed by atoms with Crippen LogP contribution in [0.15, 0.2) is 18.2 Å². The van der Waals surface area contributed by atoms with E-state index >= 15 is 0 Å². The summed E-state index contributed by atoms with van der Waals surface area (Å²) in [6.45, 7) is 5.24. The van der Waals surface area contributed by atoms with Crippen LogP contribution in [0.5, 0.6) is 0 Å². The van der Waals surface area contributed by atoms with Crippen LogP contribution in [-0.2, 0) is 9.59 Å². The fourth-order valence-corrected chi connectivity index (χ4v) is 3.02. The van der Waals surface area contributed by atoms with E-state index in [4.69, 9.17) is 23.2 Å². The Hall–Kier alpha value is -1.26. The number of hydrogen-bond donors (Lipinski definition) is 1. The molecule has 1 heterocycles. The number of carbonyl (C=O) groups excluding carboxylic acids is 2. The van der Waals surface area contributed by atoms with E-state index in [1.807, 2.05) is 6.92 Å². The van der Waals surface area contributed by atoms with Crippen LogP contribution in [-0.4, -0.2) is 28.8 Å². The van der Waals surface area contributed by atoms with Gasteiger partial charge in [-0.05, 0) is 38.5 Å². The molecular formula is C14H16Cl2N2O2. The summed E-state index contributed by atoms with van der Waals surface area (Å²) in [4.78, 5) is 25.8. The average molecular weight is 315 g/mol. The van der Waals surface area contributed by atoms with Crippen LogP contribution in [0.3, 0.4) is 0 Å². The molecule has 1 fully saturated rings. The second kappa shape index (κ2) is 5.62. The number of hydrogen-bond acceptors (Lipinski definition) is 2. The number of nitrogens with one attached hydrogen (secondary N) is 1. The highest BCUT2D eigenvalue weighted by atomic mass is 35.5. The Kier molecular flexibility index (Phi) is 4.25. The number of amides is 2. The van der Waals surface area contributed by atoms with Gasteiger partial charge in [-0.15, -0.1) is 0 Å². The van der Waals surface area contributed by atoms with Crippen LogP contribution in [0.4, 0.5) is 0 Å². The first-order valence-electron chi connectivity index (χ1n) is 6.40. The van der Waals surface area contributed by atoms with Crippen molar-refractivity contribution in [3.05, 3.63) is 33.8 Å². The van der Waals surface area contributed by atoms with E-state index in [1.54, 1.807) is 36.9 Å². The minimum atomic E-state index is -0.527. The molecular weight excluding hydrogens is 299 g/mol. The second-order valence-corrected chi connectivity index (χ2v) is 5.84. The maximum absolute atomic E-state index is 12.3. The lowest BCUT2D eigenvalue weighted by Crippen LogP contribution is -2.61. The third-order valence-corrected chi connectivity index (χ3v) is 4.17. The van der Waals surface area contributed by atoms with Gasteiger partial charge in [0.15, 0.2) is 0 Å². The van der Waals surface area contributed by atoms with Gasteiger partial charge in [0.1, 0.15) is 12.1 Å². The van der Waals surface area contributed by atoms with E-state index in [1.165, 1.54) is 0 Å². The van der Waals surface area contributed by atoms with Crippen LogP contribution < -0.4 is 5.32 Å². The van der Waals surface area contributed by atoms with Crippen LogP contribution in [0.1, 0.15) is 32.4 Å². The Morgan fingerprint density at radius 1 is 1.25 bits per heavy atom. The SMILES string of the molecule is CC1NC(=O)C(C)N(C(C)c2ccc(Cl)cc2Cl)C1=O. The van der Waals surface area contributed by atoms with Gasteiger partial charge in [-0.25, -0.2) is 0 Å². The smallest absolute Gasteiger partial charge is 0.246 e. The highest BCUT2D eigenvalue weighted by molar-refractivity contribution is 6.35. The molecule has 1 aliphatic heterocycles. The van der Waals surface area contributed by atoms with Crippen LogP contribution in [0, 0.1) is 0 Å². The topological polar surface area (TPSA) is 49.4 Å². The maximum Gasteiger partial charge on any atom is 0.246 e. The average Bonchev–Trinajstić information content (AvgIpc) is 2.36. The number of carbonyl (C=O) groups is 2. The first-order chi connectivity index (χ1) is 9.32. The Labute approximate surface area is 128 Å². The molecule has 2 rings (SSSR count). The van der Waals surface area contributed by atoms with Crippen molar-refractivity contribution in [1.82, 2.24) is 10.2 Å².